The van der Waals surface area contributed by atoms with Gasteiger partial charge in [0.2, 0.25) is 0 Å². The van der Waals surface area contributed by atoms with Crippen molar-refractivity contribution in [2.75, 3.05) is 25.9 Å². The van der Waals surface area contributed by atoms with Gasteiger partial charge in [-0.2, -0.15) is 21.9 Å². The molecule has 0 amide bonds. The second-order valence-corrected chi connectivity index (χ2v) is 6.96. The van der Waals surface area contributed by atoms with Crippen molar-refractivity contribution in [1.82, 2.24) is 13.6 Å². The number of alkyl halides is 3. The molecule has 7 nitrogen and oxygen atoms in total. The third-order valence-electron chi connectivity index (χ3n) is 3.13. The van der Waals surface area contributed by atoms with Crippen molar-refractivity contribution in [3.63, 3.8) is 0 Å². The number of carboxylic acid groups (broad SMARTS) is 2. The molecule has 1 aliphatic rings. The van der Waals surface area contributed by atoms with E-state index in [4.69, 9.17) is 19.8 Å². The van der Waals surface area contributed by atoms with Gasteiger partial charge in [-0.25, -0.2) is 9.59 Å². The van der Waals surface area contributed by atoms with Crippen molar-refractivity contribution >= 4 is 41.0 Å². The highest BCUT2D eigenvalue weighted by Crippen LogP contribution is 2.30. The van der Waals surface area contributed by atoms with Crippen LogP contribution in [0, 0.1) is 0 Å². The third-order valence-corrected chi connectivity index (χ3v) is 4.83. The molecule has 0 atom stereocenters. The van der Waals surface area contributed by atoms with Crippen LogP contribution in [0.1, 0.15) is 25.0 Å². The third kappa shape index (κ3) is 8.63. The minimum absolute atomic E-state index is 0.115. The maximum absolute atomic E-state index is 12.1. The van der Waals surface area contributed by atoms with Gasteiger partial charge in [-0.3, -0.25) is 0 Å². The van der Waals surface area contributed by atoms with Crippen LogP contribution < -0.4 is 0 Å². The summed E-state index contributed by atoms with van der Waals surface area (Å²) in [6.45, 7) is 1.84. The fourth-order valence-electron chi connectivity index (χ4n) is 1.98. The summed E-state index contributed by atoms with van der Waals surface area (Å²) in [5, 5.41) is 15.5. The monoisotopic (exact) mass is 413 g/mol. The summed E-state index contributed by atoms with van der Waals surface area (Å²) in [5.74, 6) is -3.23. The lowest BCUT2D eigenvalue weighted by Crippen LogP contribution is -2.25. The lowest BCUT2D eigenvalue weighted by Gasteiger charge is -2.22. The van der Waals surface area contributed by atoms with E-state index in [-0.39, 0.29) is 6.42 Å². The number of aromatic nitrogens is 2. The summed E-state index contributed by atoms with van der Waals surface area (Å²) < 4.78 is 44.8. The Morgan fingerprint density at radius 1 is 1.31 bits per heavy atom. The maximum atomic E-state index is 12.1. The van der Waals surface area contributed by atoms with Gasteiger partial charge < -0.3 is 15.1 Å². The summed E-state index contributed by atoms with van der Waals surface area (Å²) >= 11 is 2.49. The van der Waals surface area contributed by atoms with Crippen molar-refractivity contribution in [1.29, 1.82) is 0 Å². The summed E-state index contributed by atoms with van der Waals surface area (Å²) in [6, 6.07) is 0. The highest BCUT2D eigenvalue weighted by Gasteiger charge is 2.26. The Hall–Kier alpha value is -1.66. The Balaban J connectivity index is 0.000000487. The van der Waals surface area contributed by atoms with Gasteiger partial charge >= 0.3 is 18.1 Å². The van der Waals surface area contributed by atoms with Crippen LogP contribution in [0.5, 0.6) is 0 Å². The molecule has 1 aromatic heterocycles. The lowest BCUT2D eigenvalue weighted by molar-refractivity contribution is -0.159. The molecule has 0 spiro atoms. The minimum Gasteiger partial charge on any atom is -0.473 e. The van der Waals surface area contributed by atoms with Crippen LogP contribution in [-0.4, -0.2) is 67.9 Å². The first kappa shape index (κ1) is 22.4. The predicted molar refractivity (Wildman–Crippen MR) is 91.3 cm³/mol. The number of nitrogens with zero attached hydrogens (tertiary/aromatic N) is 3. The molecule has 26 heavy (non-hydrogen) atoms. The summed E-state index contributed by atoms with van der Waals surface area (Å²) in [4.78, 5) is 20.4. The van der Waals surface area contributed by atoms with E-state index in [9.17, 15) is 13.2 Å². The number of hydrogen-bond acceptors (Lipinski definition) is 7. The van der Waals surface area contributed by atoms with Gasteiger partial charge in [0.05, 0.1) is 11.7 Å². The van der Waals surface area contributed by atoms with Crippen LogP contribution in [0.15, 0.2) is 11.1 Å². The standard InChI is InChI=1S/C12H16F3N3S2.C2H2O4/c1-18-6-2-4-9(8-18)10-11(17-20-16-10)19-7-3-5-12(13,14)15;3-1(4)2(5)6/h4H,2-3,5-8H2,1H3;(H,3,4)(H,5,6). The van der Waals surface area contributed by atoms with E-state index in [1.807, 2.05) is 7.05 Å². The molecule has 0 fully saturated rings. The normalized spacial score (nSPS) is 15.0. The first-order chi connectivity index (χ1) is 12.1. The molecule has 146 valence electrons. The number of aliphatic carboxylic acids is 2. The molecule has 1 aromatic rings. The number of hydrogen-bond donors (Lipinski definition) is 2. The molecule has 0 unspecified atom stereocenters. The van der Waals surface area contributed by atoms with Crippen molar-refractivity contribution in [2.24, 2.45) is 0 Å². The number of rotatable bonds is 5. The topological polar surface area (TPSA) is 104 Å². The first-order valence-electron chi connectivity index (χ1n) is 7.46. The SMILES string of the molecule is CN1CCC=C(c2nsnc2SCCCC(F)(F)F)C1.O=C(O)C(=O)O. The van der Waals surface area contributed by atoms with Gasteiger partial charge in [0.1, 0.15) is 10.7 Å². The zero-order valence-electron chi connectivity index (χ0n) is 13.8. The lowest BCUT2D eigenvalue weighted by atomic mass is 10.1. The number of halogens is 3. The van der Waals surface area contributed by atoms with Crippen molar-refractivity contribution in [2.45, 2.75) is 30.5 Å². The van der Waals surface area contributed by atoms with Crippen LogP contribution >= 0.6 is 23.5 Å². The van der Waals surface area contributed by atoms with Crippen LogP contribution in [0.4, 0.5) is 13.2 Å². The zero-order valence-corrected chi connectivity index (χ0v) is 15.5. The van der Waals surface area contributed by atoms with Gasteiger partial charge in [-0.05, 0) is 31.2 Å². The van der Waals surface area contributed by atoms with Crippen LogP contribution in [0.25, 0.3) is 5.57 Å². The van der Waals surface area contributed by atoms with Crippen molar-refractivity contribution in [3.05, 3.63) is 11.8 Å². The highest BCUT2D eigenvalue weighted by atomic mass is 32.2. The largest absolute Gasteiger partial charge is 0.473 e. The zero-order chi connectivity index (χ0) is 19.7. The maximum Gasteiger partial charge on any atom is 0.414 e. The Kier molecular flexibility index (Phi) is 9.02. The number of carboxylic acids is 2. The smallest absolute Gasteiger partial charge is 0.414 e. The van der Waals surface area contributed by atoms with E-state index < -0.39 is 24.5 Å². The van der Waals surface area contributed by atoms with Gasteiger partial charge in [0.25, 0.3) is 0 Å². The quantitative estimate of drug-likeness (QED) is 0.432. The van der Waals surface area contributed by atoms with Crippen molar-refractivity contribution < 1.29 is 33.0 Å². The van der Waals surface area contributed by atoms with E-state index in [0.717, 1.165) is 47.5 Å². The molecule has 1 aliphatic heterocycles. The molecule has 12 heteroatoms. The fraction of sp³-hybridized carbons (Fsp3) is 0.571. The minimum atomic E-state index is -4.07. The van der Waals surface area contributed by atoms with E-state index in [0.29, 0.717) is 5.75 Å². The molecule has 0 aliphatic carbocycles. The average molecular weight is 413 g/mol. The second kappa shape index (κ2) is 10.5. The number of thioether (sulfide) groups is 1. The second-order valence-electron chi connectivity index (χ2n) is 5.35. The number of carbonyl (C=O) groups is 2. The van der Waals surface area contributed by atoms with Gasteiger partial charge in [0, 0.05) is 19.5 Å². The summed E-state index contributed by atoms with van der Waals surface area (Å²) in [5.41, 5.74) is 1.98. The van der Waals surface area contributed by atoms with Gasteiger partial charge in [-0.15, -0.1) is 11.8 Å². The van der Waals surface area contributed by atoms with Crippen LogP contribution in [-0.2, 0) is 9.59 Å². The molecule has 2 rings (SSSR count). The average Bonchev–Trinajstić information content (AvgIpc) is 2.99. The van der Waals surface area contributed by atoms with Crippen LogP contribution in [0.3, 0.4) is 0 Å². The van der Waals surface area contributed by atoms with E-state index in [1.165, 1.54) is 11.8 Å². The molecule has 2 heterocycles. The molecular weight excluding hydrogens is 395 g/mol. The van der Waals surface area contributed by atoms with Crippen LogP contribution in [0.2, 0.25) is 0 Å². The molecule has 0 bridgehead atoms. The Labute approximate surface area is 156 Å². The Bertz CT molecular complexity index is 638. The Morgan fingerprint density at radius 3 is 2.50 bits per heavy atom. The van der Waals surface area contributed by atoms with E-state index in [2.05, 4.69) is 19.7 Å². The molecular formula is C14H18F3N3O4S2. The van der Waals surface area contributed by atoms with E-state index >= 15 is 0 Å². The summed E-state index contributed by atoms with van der Waals surface area (Å²) in [7, 11) is 2.04. The molecule has 0 saturated carbocycles. The predicted octanol–water partition coefficient (Wildman–Crippen LogP) is 2.85. The van der Waals surface area contributed by atoms with Gasteiger partial charge in [0.15, 0.2) is 0 Å². The first-order valence-corrected chi connectivity index (χ1v) is 9.18. The highest BCUT2D eigenvalue weighted by molar-refractivity contribution is 7.99. The van der Waals surface area contributed by atoms with E-state index in [1.54, 1.807) is 0 Å². The fourth-order valence-corrected chi connectivity index (χ4v) is 3.63. The molecule has 0 radical (unpaired) electrons. The van der Waals surface area contributed by atoms with Crippen molar-refractivity contribution in [3.8, 4) is 0 Å². The molecule has 2 N–H and O–H groups in total. The molecule has 0 aromatic carbocycles. The Morgan fingerprint density at radius 2 is 1.96 bits per heavy atom. The summed E-state index contributed by atoms with van der Waals surface area (Å²) in [6.07, 6.45) is -1.57. The van der Waals surface area contributed by atoms with Gasteiger partial charge in [-0.1, -0.05) is 6.08 Å². The molecule has 0 saturated heterocycles. The number of likely N-dealkylation sites (N-methyl/N-ethyl adjacent to an activating group) is 1.